The normalized spacial score (nSPS) is 16.7. The maximum absolute atomic E-state index is 12.2. The number of carbonyl (C=O) groups excluding carboxylic acids is 3. The number of amidine groups is 1. The molecule has 184 valence electrons. The third-order valence-corrected chi connectivity index (χ3v) is 5.38. The zero-order chi connectivity index (χ0) is 24.5. The number of hydrogen-bond acceptors (Lipinski definition) is 6. The van der Waals surface area contributed by atoms with E-state index in [-0.39, 0.29) is 30.7 Å². The van der Waals surface area contributed by atoms with Crippen LogP contribution in [0.2, 0.25) is 0 Å². The Balaban J connectivity index is 0.000000506. The SMILES string of the molecule is C1CCCCC1.COC.N=C(N)c1ccc(CNC(=O)C2CCN2C(=O)CNCC=O)cc1. The van der Waals surface area contributed by atoms with Crippen LogP contribution in [0.4, 0.5) is 0 Å². The highest BCUT2D eigenvalue weighted by atomic mass is 16.4. The van der Waals surface area contributed by atoms with E-state index in [1.54, 1.807) is 38.5 Å². The zero-order valence-electron chi connectivity index (χ0n) is 19.9. The molecule has 1 aromatic carbocycles. The molecule has 2 aliphatic rings. The lowest BCUT2D eigenvalue weighted by Gasteiger charge is -2.39. The van der Waals surface area contributed by atoms with E-state index in [1.807, 2.05) is 0 Å². The van der Waals surface area contributed by atoms with Gasteiger partial charge >= 0.3 is 0 Å². The number of nitrogen functional groups attached to an aromatic ring is 1. The maximum atomic E-state index is 12.2. The van der Waals surface area contributed by atoms with Crippen LogP contribution in [0.1, 0.15) is 56.1 Å². The number of nitrogens with zero attached hydrogens (tertiary/aromatic N) is 1. The van der Waals surface area contributed by atoms with E-state index < -0.39 is 6.04 Å². The van der Waals surface area contributed by atoms with Crippen LogP contribution < -0.4 is 16.4 Å². The number of hydrogen-bond donors (Lipinski definition) is 4. The number of benzene rings is 1. The first-order valence-electron chi connectivity index (χ1n) is 11.5. The molecule has 1 atom stereocenters. The summed E-state index contributed by atoms with van der Waals surface area (Å²) >= 11 is 0. The first kappa shape index (κ1) is 28.3. The van der Waals surface area contributed by atoms with Crippen LogP contribution in [0.15, 0.2) is 24.3 Å². The molecule has 2 fully saturated rings. The Labute approximate surface area is 196 Å². The standard InChI is InChI=1S/C16H21N5O3.C6H12.C2H6O/c17-15(18)12-3-1-11(2-4-12)9-20-16(24)13-5-7-21(13)14(23)10-19-6-8-22;1-2-4-6-5-3-1;1-3-2/h1-4,8,13,19H,5-7,9-10H2,(H3,17,18)(H,20,24);1-6H2;1-2H3. The van der Waals surface area contributed by atoms with Crippen molar-refractivity contribution in [3.05, 3.63) is 35.4 Å². The van der Waals surface area contributed by atoms with Gasteiger partial charge in [0.1, 0.15) is 18.2 Å². The molecule has 9 heteroatoms. The van der Waals surface area contributed by atoms with E-state index in [4.69, 9.17) is 11.1 Å². The van der Waals surface area contributed by atoms with Crippen LogP contribution in [0.3, 0.4) is 0 Å². The second-order valence-corrected chi connectivity index (χ2v) is 8.05. The Morgan fingerprint density at radius 3 is 2.09 bits per heavy atom. The third kappa shape index (κ3) is 11.1. The van der Waals surface area contributed by atoms with E-state index in [1.165, 1.54) is 43.4 Å². The second kappa shape index (κ2) is 16.8. The molecule has 2 amide bonds. The first-order valence-corrected chi connectivity index (χ1v) is 11.5. The van der Waals surface area contributed by atoms with Crippen molar-refractivity contribution in [2.75, 3.05) is 33.9 Å². The van der Waals surface area contributed by atoms with Crippen LogP contribution >= 0.6 is 0 Å². The van der Waals surface area contributed by atoms with Crippen molar-refractivity contribution < 1.29 is 19.1 Å². The summed E-state index contributed by atoms with van der Waals surface area (Å²) in [6.07, 6.45) is 10.3. The summed E-state index contributed by atoms with van der Waals surface area (Å²) in [5, 5.41) is 12.8. The predicted octanol–water partition coefficient (Wildman–Crippen LogP) is 1.58. The number of nitrogens with two attached hydrogens (primary N) is 1. The summed E-state index contributed by atoms with van der Waals surface area (Å²) in [4.78, 5) is 35.8. The van der Waals surface area contributed by atoms with E-state index >= 15 is 0 Å². The molecule has 1 aliphatic heterocycles. The van der Waals surface area contributed by atoms with Crippen molar-refractivity contribution in [2.45, 2.75) is 57.5 Å². The second-order valence-electron chi connectivity index (χ2n) is 8.05. The number of ether oxygens (including phenoxy) is 1. The lowest BCUT2D eigenvalue weighted by atomic mass is 10.0. The molecule has 1 saturated heterocycles. The van der Waals surface area contributed by atoms with Gasteiger partial charge in [-0.25, -0.2) is 0 Å². The smallest absolute Gasteiger partial charge is 0.243 e. The van der Waals surface area contributed by atoms with E-state index in [9.17, 15) is 14.4 Å². The molecule has 3 rings (SSSR count). The molecule has 1 aromatic rings. The minimum absolute atomic E-state index is 0.00241. The average molecular weight is 462 g/mol. The average Bonchev–Trinajstić information content (AvgIpc) is 2.79. The summed E-state index contributed by atoms with van der Waals surface area (Å²) < 4.78 is 4.25. The Morgan fingerprint density at radius 2 is 1.67 bits per heavy atom. The highest BCUT2D eigenvalue weighted by molar-refractivity contribution is 5.95. The molecule has 33 heavy (non-hydrogen) atoms. The summed E-state index contributed by atoms with van der Waals surface area (Å²) in [7, 11) is 3.25. The van der Waals surface area contributed by atoms with E-state index in [0.29, 0.717) is 31.4 Å². The number of likely N-dealkylation sites (tertiary alicyclic amines) is 1. The summed E-state index contributed by atoms with van der Waals surface area (Å²) in [6, 6.07) is 6.59. The number of nitrogens with one attached hydrogen (secondary N) is 3. The van der Waals surface area contributed by atoms with Crippen molar-refractivity contribution in [1.82, 2.24) is 15.5 Å². The van der Waals surface area contributed by atoms with Gasteiger partial charge in [-0.1, -0.05) is 62.8 Å². The highest BCUT2D eigenvalue weighted by Crippen LogP contribution is 2.17. The van der Waals surface area contributed by atoms with Gasteiger partial charge in [-0.3, -0.25) is 15.0 Å². The molecule has 5 N–H and O–H groups in total. The highest BCUT2D eigenvalue weighted by Gasteiger charge is 2.36. The minimum atomic E-state index is -0.452. The Bertz CT molecular complexity index is 723. The molecule has 1 saturated carbocycles. The van der Waals surface area contributed by atoms with E-state index in [0.717, 1.165) is 5.56 Å². The van der Waals surface area contributed by atoms with Crippen molar-refractivity contribution in [3.8, 4) is 0 Å². The molecule has 0 radical (unpaired) electrons. The Morgan fingerprint density at radius 1 is 1.12 bits per heavy atom. The van der Waals surface area contributed by atoms with Crippen molar-refractivity contribution in [3.63, 3.8) is 0 Å². The number of amides is 2. The summed E-state index contributed by atoms with van der Waals surface area (Å²) in [5.74, 6) is -0.382. The molecular weight excluding hydrogens is 422 g/mol. The van der Waals surface area contributed by atoms with Gasteiger partial charge in [0.05, 0.1) is 13.1 Å². The fraction of sp³-hybridized carbons (Fsp3) is 0.583. The molecule has 1 heterocycles. The number of methoxy groups -OCH3 is 1. The Hall–Kier alpha value is -2.78. The van der Waals surface area contributed by atoms with Gasteiger partial charge < -0.3 is 30.8 Å². The van der Waals surface area contributed by atoms with Gasteiger partial charge in [-0.15, -0.1) is 0 Å². The topological polar surface area (TPSA) is 138 Å². The lowest BCUT2D eigenvalue weighted by molar-refractivity contribution is -0.146. The monoisotopic (exact) mass is 461 g/mol. The molecule has 1 aliphatic carbocycles. The third-order valence-electron chi connectivity index (χ3n) is 5.38. The lowest BCUT2D eigenvalue weighted by Crippen LogP contribution is -2.59. The zero-order valence-corrected chi connectivity index (χ0v) is 19.9. The minimum Gasteiger partial charge on any atom is -0.388 e. The van der Waals surface area contributed by atoms with Crippen LogP contribution in [-0.4, -0.2) is 68.7 Å². The number of rotatable bonds is 8. The summed E-state index contributed by atoms with van der Waals surface area (Å²) in [5.41, 5.74) is 6.91. The molecule has 0 spiro atoms. The van der Waals surface area contributed by atoms with Gasteiger partial charge in [0.2, 0.25) is 11.8 Å². The fourth-order valence-electron chi connectivity index (χ4n) is 3.47. The molecule has 0 aromatic heterocycles. The van der Waals surface area contributed by atoms with Crippen LogP contribution in [0.5, 0.6) is 0 Å². The quantitative estimate of drug-likeness (QED) is 0.201. The molecular formula is C24H39N5O4. The van der Waals surface area contributed by atoms with Gasteiger partial charge in [-0.2, -0.15) is 0 Å². The number of carbonyl (C=O) groups is 3. The fourth-order valence-corrected chi connectivity index (χ4v) is 3.47. The molecule has 0 bridgehead atoms. The van der Waals surface area contributed by atoms with Crippen LogP contribution in [-0.2, 0) is 25.7 Å². The van der Waals surface area contributed by atoms with Gasteiger partial charge in [0.25, 0.3) is 0 Å². The van der Waals surface area contributed by atoms with Gasteiger partial charge in [0, 0.05) is 32.9 Å². The van der Waals surface area contributed by atoms with Gasteiger partial charge in [0.15, 0.2) is 0 Å². The van der Waals surface area contributed by atoms with Crippen molar-refractivity contribution >= 4 is 23.9 Å². The van der Waals surface area contributed by atoms with E-state index in [2.05, 4.69) is 15.4 Å². The largest absolute Gasteiger partial charge is 0.388 e. The molecule has 9 nitrogen and oxygen atoms in total. The Kier molecular flexibility index (Phi) is 14.4. The number of aldehydes is 1. The van der Waals surface area contributed by atoms with Gasteiger partial charge in [-0.05, 0) is 12.0 Å². The van der Waals surface area contributed by atoms with Crippen LogP contribution in [0.25, 0.3) is 0 Å². The van der Waals surface area contributed by atoms with Crippen molar-refractivity contribution in [2.24, 2.45) is 5.73 Å². The maximum Gasteiger partial charge on any atom is 0.243 e. The van der Waals surface area contributed by atoms with Crippen LogP contribution in [0, 0.1) is 5.41 Å². The molecule has 1 unspecified atom stereocenters. The summed E-state index contributed by atoms with van der Waals surface area (Å²) in [6.45, 7) is 1.06. The van der Waals surface area contributed by atoms with Crippen molar-refractivity contribution in [1.29, 1.82) is 5.41 Å². The predicted molar refractivity (Wildman–Crippen MR) is 129 cm³/mol. The first-order chi connectivity index (χ1) is 15.9.